The van der Waals surface area contributed by atoms with Gasteiger partial charge in [-0.15, -0.1) is 0 Å². The van der Waals surface area contributed by atoms with E-state index in [0.29, 0.717) is 26.4 Å². The number of aromatic nitrogens is 2. The molecule has 0 spiro atoms. The van der Waals surface area contributed by atoms with Crippen molar-refractivity contribution in [1.29, 1.82) is 0 Å². The van der Waals surface area contributed by atoms with Gasteiger partial charge in [0.25, 0.3) is 0 Å². The highest BCUT2D eigenvalue weighted by Crippen LogP contribution is 2.29. The van der Waals surface area contributed by atoms with Crippen molar-refractivity contribution in [2.45, 2.75) is 36.5 Å². The van der Waals surface area contributed by atoms with Crippen LogP contribution in [0.1, 0.15) is 22.5 Å². The summed E-state index contributed by atoms with van der Waals surface area (Å²) in [4.78, 5) is 6.04. The van der Waals surface area contributed by atoms with Crippen LogP contribution < -0.4 is 0 Å². The van der Waals surface area contributed by atoms with Crippen LogP contribution in [0.15, 0.2) is 101 Å². The SMILES string of the molecule is Cn1c(Sc2ccccc2)nc(COCc2ccccc2)c1COCc1ccccc1. The van der Waals surface area contributed by atoms with Crippen LogP contribution >= 0.6 is 11.8 Å². The number of imidazole rings is 1. The van der Waals surface area contributed by atoms with E-state index in [0.717, 1.165) is 32.6 Å². The van der Waals surface area contributed by atoms with E-state index in [2.05, 4.69) is 41.0 Å². The van der Waals surface area contributed by atoms with Crippen molar-refractivity contribution in [1.82, 2.24) is 9.55 Å². The lowest BCUT2D eigenvalue weighted by Crippen LogP contribution is -2.05. The number of hydrogen-bond donors (Lipinski definition) is 0. The van der Waals surface area contributed by atoms with E-state index in [1.165, 1.54) is 0 Å². The van der Waals surface area contributed by atoms with E-state index in [1.807, 2.05) is 61.6 Å². The molecule has 4 nitrogen and oxygen atoms in total. The highest BCUT2D eigenvalue weighted by atomic mass is 32.2. The van der Waals surface area contributed by atoms with E-state index in [1.54, 1.807) is 11.8 Å². The first kappa shape index (κ1) is 21.4. The third-order valence-corrected chi connectivity index (χ3v) is 5.96. The second kappa shape index (κ2) is 11.0. The number of rotatable bonds is 10. The maximum absolute atomic E-state index is 6.03. The largest absolute Gasteiger partial charge is 0.370 e. The molecule has 1 heterocycles. The van der Waals surface area contributed by atoms with Crippen molar-refractivity contribution >= 4 is 11.8 Å². The van der Waals surface area contributed by atoms with Crippen molar-refractivity contribution in [3.8, 4) is 0 Å². The Labute approximate surface area is 187 Å². The molecule has 0 aliphatic rings. The van der Waals surface area contributed by atoms with Gasteiger partial charge in [0.1, 0.15) is 0 Å². The third kappa shape index (κ3) is 6.07. The van der Waals surface area contributed by atoms with Crippen LogP contribution in [0.5, 0.6) is 0 Å². The smallest absolute Gasteiger partial charge is 0.173 e. The maximum atomic E-state index is 6.03. The molecule has 0 fully saturated rings. The Morgan fingerprint density at radius 3 is 1.77 bits per heavy atom. The second-order valence-corrected chi connectivity index (χ2v) is 8.26. The predicted octanol–water partition coefficient (Wildman–Crippen LogP) is 6.00. The minimum atomic E-state index is 0.447. The van der Waals surface area contributed by atoms with Gasteiger partial charge in [-0.05, 0) is 23.3 Å². The summed E-state index contributed by atoms with van der Waals surface area (Å²) < 4.78 is 14.1. The molecule has 0 bridgehead atoms. The molecule has 0 radical (unpaired) electrons. The molecule has 31 heavy (non-hydrogen) atoms. The molecule has 0 aliphatic carbocycles. The van der Waals surface area contributed by atoms with E-state index >= 15 is 0 Å². The zero-order valence-corrected chi connectivity index (χ0v) is 18.4. The van der Waals surface area contributed by atoms with Crippen molar-refractivity contribution in [3.05, 3.63) is 114 Å². The fourth-order valence-electron chi connectivity index (χ4n) is 3.22. The number of hydrogen-bond acceptors (Lipinski definition) is 4. The van der Waals surface area contributed by atoms with Gasteiger partial charge in [-0.3, -0.25) is 0 Å². The quantitative estimate of drug-likeness (QED) is 0.309. The number of nitrogens with zero attached hydrogens (tertiary/aromatic N) is 2. The van der Waals surface area contributed by atoms with Gasteiger partial charge in [-0.25, -0.2) is 4.98 Å². The first-order valence-electron chi connectivity index (χ1n) is 10.3. The summed E-state index contributed by atoms with van der Waals surface area (Å²) in [6.07, 6.45) is 0. The van der Waals surface area contributed by atoms with Gasteiger partial charge in [0.15, 0.2) is 5.16 Å². The molecule has 0 saturated carbocycles. The van der Waals surface area contributed by atoms with E-state index < -0.39 is 0 Å². The lowest BCUT2D eigenvalue weighted by molar-refractivity contribution is 0.0892. The van der Waals surface area contributed by atoms with Crippen LogP contribution in [-0.4, -0.2) is 9.55 Å². The van der Waals surface area contributed by atoms with Gasteiger partial charge in [0.05, 0.1) is 37.8 Å². The summed E-state index contributed by atoms with van der Waals surface area (Å²) in [5, 5.41) is 0.933. The molecule has 5 heteroatoms. The van der Waals surface area contributed by atoms with Crippen LogP contribution in [0.4, 0.5) is 0 Å². The fourth-order valence-corrected chi connectivity index (χ4v) is 4.13. The second-order valence-electron chi connectivity index (χ2n) is 7.22. The summed E-state index contributed by atoms with van der Waals surface area (Å²) in [6.45, 7) is 2.06. The van der Waals surface area contributed by atoms with Gasteiger partial charge >= 0.3 is 0 Å². The maximum Gasteiger partial charge on any atom is 0.173 e. The Hall–Kier alpha value is -2.86. The molecule has 1 aromatic heterocycles. The lowest BCUT2D eigenvalue weighted by Gasteiger charge is -2.09. The minimum Gasteiger partial charge on any atom is -0.370 e. The van der Waals surface area contributed by atoms with Crippen LogP contribution in [0.25, 0.3) is 0 Å². The van der Waals surface area contributed by atoms with Crippen molar-refractivity contribution in [2.75, 3.05) is 0 Å². The summed E-state index contributed by atoms with van der Waals surface area (Å²) in [7, 11) is 2.04. The van der Waals surface area contributed by atoms with E-state index in [9.17, 15) is 0 Å². The fraction of sp³-hybridized carbons (Fsp3) is 0.192. The van der Waals surface area contributed by atoms with E-state index in [4.69, 9.17) is 14.5 Å². The highest BCUT2D eigenvalue weighted by Gasteiger charge is 2.16. The molecular formula is C26H26N2O2S. The number of ether oxygens (including phenoxy) is 2. The molecule has 0 saturated heterocycles. The van der Waals surface area contributed by atoms with E-state index in [-0.39, 0.29) is 0 Å². The van der Waals surface area contributed by atoms with Gasteiger partial charge in [-0.1, -0.05) is 90.6 Å². The van der Waals surface area contributed by atoms with Crippen LogP contribution in [0, 0.1) is 0 Å². The first-order valence-corrected chi connectivity index (χ1v) is 11.1. The lowest BCUT2D eigenvalue weighted by atomic mass is 10.2. The highest BCUT2D eigenvalue weighted by molar-refractivity contribution is 7.99. The molecule has 0 atom stereocenters. The van der Waals surface area contributed by atoms with Gasteiger partial charge < -0.3 is 14.0 Å². The average Bonchev–Trinajstić information content (AvgIpc) is 3.10. The zero-order chi connectivity index (χ0) is 21.3. The Kier molecular flexibility index (Phi) is 7.56. The molecule has 0 aliphatic heterocycles. The van der Waals surface area contributed by atoms with Crippen LogP contribution in [-0.2, 0) is 42.9 Å². The summed E-state index contributed by atoms with van der Waals surface area (Å²) >= 11 is 1.65. The Bertz CT molecular complexity index is 1070. The molecule has 0 amide bonds. The minimum absolute atomic E-state index is 0.447. The number of benzene rings is 3. The van der Waals surface area contributed by atoms with Gasteiger partial charge in [-0.2, -0.15) is 0 Å². The molecule has 3 aromatic carbocycles. The topological polar surface area (TPSA) is 36.3 Å². The monoisotopic (exact) mass is 430 g/mol. The standard InChI is InChI=1S/C26H26N2O2S/c1-28-25(20-30-18-22-13-7-3-8-14-22)24(19-29-17-21-11-5-2-6-12-21)27-26(28)31-23-15-9-4-10-16-23/h2-16H,17-20H2,1H3. The Morgan fingerprint density at radius 2 is 1.19 bits per heavy atom. The zero-order valence-electron chi connectivity index (χ0n) is 17.6. The Morgan fingerprint density at radius 1 is 0.677 bits per heavy atom. The molecule has 0 N–H and O–H groups in total. The molecular weight excluding hydrogens is 404 g/mol. The van der Waals surface area contributed by atoms with Crippen molar-refractivity contribution in [2.24, 2.45) is 7.05 Å². The van der Waals surface area contributed by atoms with Crippen LogP contribution in [0.3, 0.4) is 0 Å². The molecule has 158 valence electrons. The van der Waals surface area contributed by atoms with Crippen molar-refractivity contribution < 1.29 is 9.47 Å². The van der Waals surface area contributed by atoms with Crippen LogP contribution in [0.2, 0.25) is 0 Å². The third-order valence-electron chi connectivity index (χ3n) is 4.91. The summed E-state index contributed by atoms with van der Waals surface area (Å²) in [6, 6.07) is 30.7. The normalized spacial score (nSPS) is 11.0. The molecule has 4 rings (SSSR count). The first-order chi connectivity index (χ1) is 15.3. The van der Waals surface area contributed by atoms with Gasteiger partial charge in [0.2, 0.25) is 0 Å². The molecule has 4 aromatic rings. The molecule has 0 unspecified atom stereocenters. The summed E-state index contributed by atoms with van der Waals surface area (Å²) in [5.74, 6) is 0. The van der Waals surface area contributed by atoms with Crippen molar-refractivity contribution in [3.63, 3.8) is 0 Å². The average molecular weight is 431 g/mol. The predicted molar refractivity (Wildman–Crippen MR) is 124 cm³/mol. The van der Waals surface area contributed by atoms with Gasteiger partial charge in [0, 0.05) is 11.9 Å². The summed E-state index contributed by atoms with van der Waals surface area (Å²) in [5.41, 5.74) is 4.27. The Balaban J connectivity index is 1.47.